The van der Waals surface area contributed by atoms with Crippen molar-refractivity contribution in [2.45, 2.75) is 187 Å². The summed E-state index contributed by atoms with van der Waals surface area (Å²) in [6.45, 7) is 4.60. The highest BCUT2D eigenvalue weighted by Gasteiger charge is 1.95. The molecule has 0 aliphatic rings. The largest absolute Gasteiger partial charge is 0.0885 e. The van der Waals surface area contributed by atoms with Crippen LogP contribution in [-0.4, -0.2) is 0 Å². The quantitative estimate of drug-likeness (QED) is 0.0890. The summed E-state index contributed by atoms with van der Waals surface area (Å²) in [6, 6.07) is 0. The van der Waals surface area contributed by atoms with Crippen molar-refractivity contribution in [3.8, 4) is 0 Å². The number of allylic oxidation sites excluding steroid dienone is 2. The van der Waals surface area contributed by atoms with E-state index in [4.69, 9.17) is 0 Å². The van der Waals surface area contributed by atoms with Crippen LogP contribution in [0.1, 0.15) is 187 Å². The Morgan fingerprint density at radius 2 is 0.452 bits per heavy atom. The highest BCUT2D eigenvalue weighted by molar-refractivity contribution is 4.81. The minimum atomic E-state index is 1.31. The van der Waals surface area contributed by atoms with E-state index in [1.54, 1.807) is 0 Å². The number of rotatable bonds is 27. The third kappa shape index (κ3) is 29.7. The molecule has 0 fully saturated rings. The van der Waals surface area contributed by atoms with Crippen LogP contribution in [0.15, 0.2) is 12.2 Å². The van der Waals surface area contributed by atoms with Crippen molar-refractivity contribution in [1.29, 1.82) is 0 Å². The maximum absolute atomic E-state index is 2.45. The second-order valence-electron chi connectivity index (χ2n) is 10.2. The molecule has 0 rings (SSSR count). The van der Waals surface area contributed by atoms with E-state index in [1.807, 2.05) is 0 Å². The second-order valence-corrected chi connectivity index (χ2v) is 10.2. The van der Waals surface area contributed by atoms with Gasteiger partial charge in [-0.2, -0.15) is 0 Å². The first-order valence-corrected chi connectivity index (χ1v) is 15.1. The van der Waals surface area contributed by atoms with Crippen molar-refractivity contribution in [3.05, 3.63) is 12.2 Å². The van der Waals surface area contributed by atoms with Gasteiger partial charge in [-0.25, -0.2) is 0 Å². The Bertz CT molecular complexity index is 316. The lowest BCUT2D eigenvalue weighted by Crippen LogP contribution is -1.83. The van der Waals surface area contributed by atoms with Gasteiger partial charge >= 0.3 is 0 Å². The van der Waals surface area contributed by atoms with E-state index in [9.17, 15) is 0 Å². The summed E-state index contributed by atoms with van der Waals surface area (Å²) in [5.41, 5.74) is 0. The van der Waals surface area contributed by atoms with Crippen molar-refractivity contribution in [2.75, 3.05) is 0 Å². The van der Waals surface area contributed by atoms with Crippen LogP contribution < -0.4 is 0 Å². The molecule has 0 bridgehead atoms. The topological polar surface area (TPSA) is 0 Å². The fourth-order valence-corrected chi connectivity index (χ4v) is 4.62. The van der Waals surface area contributed by atoms with Crippen LogP contribution in [0.25, 0.3) is 0 Å². The van der Waals surface area contributed by atoms with Crippen LogP contribution in [0.3, 0.4) is 0 Å². The van der Waals surface area contributed by atoms with Gasteiger partial charge in [0.1, 0.15) is 0 Å². The minimum absolute atomic E-state index is 1.31. The van der Waals surface area contributed by atoms with Crippen LogP contribution in [-0.2, 0) is 0 Å². The highest BCUT2D eigenvalue weighted by atomic mass is 14.0. The van der Waals surface area contributed by atoms with Crippen molar-refractivity contribution in [3.63, 3.8) is 0 Å². The van der Waals surface area contributed by atoms with E-state index in [-0.39, 0.29) is 0 Å². The fourth-order valence-electron chi connectivity index (χ4n) is 4.62. The van der Waals surface area contributed by atoms with E-state index in [1.165, 1.54) is 173 Å². The van der Waals surface area contributed by atoms with Crippen molar-refractivity contribution in [1.82, 2.24) is 0 Å². The Labute approximate surface area is 199 Å². The van der Waals surface area contributed by atoms with Gasteiger partial charge in [-0.3, -0.25) is 0 Å². The third-order valence-electron chi connectivity index (χ3n) is 6.87. The van der Waals surface area contributed by atoms with Crippen molar-refractivity contribution in [2.24, 2.45) is 0 Å². The first-order chi connectivity index (χ1) is 15.4. The van der Waals surface area contributed by atoms with Gasteiger partial charge in [0.2, 0.25) is 0 Å². The molecule has 0 atom stereocenters. The number of unbranched alkanes of at least 4 members (excludes halogenated alkanes) is 25. The number of hydrogen-bond donors (Lipinski definition) is 0. The van der Waals surface area contributed by atoms with Crippen molar-refractivity contribution < 1.29 is 0 Å². The maximum atomic E-state index is 2.45. The molecule has 0 aliphatic carbocycles. The van der Waals surface area contributed by atoms with Crippen LogP contribution in [0.2, 0.25) is 0 Å². The molecule has 0 N–H and O–H groups in total. The zero-order chi connectivity index (χ0) is 22.5. The van der Waals surface area contributed by atoms with Crippen LogP contribution in [0.4, 0.5) is 0 Å². The third-order valence-corrected chi connectivity index (χ3v) is 6.87. The lowest BCUT2D eigenvalue weighted by atomic mass is 10.0. The molecule has 0 aromatic rings. The Kier molecular flexibility index (Phi) is 29.5. The molecule has 0 amide bonds. The van der Waals surface area contributed by atoms with Crippen LogP contribution >= 0.6 is 0 Å². The molecule has 0 nitrogen and oxygen atoms in total. The normalized spacial score (nSPS) is 11.7. The zero-order valence-electron chi connectivity index (χ0n) is 22.2. The Balaban J connectivity index is 3.05. The summed E-state index contributed by atoms with van der Waals surface area (Å²) in [5.74, 6) is 0. The van der Waals surface area contributed by atoms with Crippen LogP contribution in [0.5, 0.6) is 0 Å². The molecule has 0 radical (unpaired) electrons. The van der Waals surface area contributed by atoms with Gasteiger partial charge in [0.25, 0.3) is 0 Å². The summed E-state index contributed by atoms with van der Waals surface area (Å²) in [7, 11) is 0. The first kappa shape index (κ1) is 30.7. The standard InChI is InChI=1S/C31H62/c1-3-5-7-9-11-13-15-17-19-21-23-25-27-29-31-30-28-26-24-22-20-18-16-14-12-10-8-6-4-2/h21,23H,3-20,22,24-31H2,1-2H3/b23-21-. The van der Waals surface area contributed by atoms with Gasteiger partial charge in [-0.1, -0.05) is 174 Å². The second kappa shape index (κ2) is 29.7. The average Bonchev–Trinajstić information content (AvgIpc) is 2.78. The Morgan fingerprint density at radius 1 is 0.258 bits per heavy atom. The molecule has 0 aromatic heterocycles. The Hall–Kier alpha value is -0.260. The molecule has 0 unspecified atom stereocenters. The summed E-state index contributed by atoms with van der Waals surface area (Å²) >= 11 is 0. The lowest BCUT2D eigenvalue weighted by Gasteiger charge is -2.03. The van der Waals surface area contributed by atoms with E-state index in [0.29, 0.717) is 0 Å². The first-order valence-electron chi connectivity index (χ1n) is 15.1. The molecule has 186 valence electrons. The van der Waals surface area contributed by atoms with E-state index in [2.05, 4.69) is 26.0 Å². The molecule has 0 heterocycles. The fraction of sp³-hybridized carbons (Fsp3) is 0.935. The van der Waals surface area contributed by atoms with Gasteiger partial charge in [0.05, 0.1) is 0 Å². The van der Waals surface area contributed by atoms with E-state index < -0.39 is 0 Å². The molecule has 0 saturated heterocycles. The summed E-state index contributed by atoms with van der Waals surface area (Å²) in [4.78, 5) is 0. The predicted molar refractivity (Wildman–Crippen MR) is 145 cm³/mol. The zero-order valence-corrected chi connectivity index (χ0v) is 22.2. The lowest BCUT2D eigenvalue weighted by molar-refractivity contribution is 0.527. The molecule has 31 heavy (non-hydrogen) atoms. The summed E-state index contributed by atoms with van der Waals surface area (Å²) in [6.07, 6.45) is 43.9. The highest BCUT2D eigenvalue weighted by Crippen LogP contribution is 2.14. The van der Waals surface area contributed by atoms with E-state index in [0.717, 1.165) is 0 Å². The smallest absolute Gasteiger partial charge is 0.0351 e. The molecule has 0 heteroatoms. The number of hydrogen-bond acceptors (Lipinski definition) is 0. The molecular weight excluding hydrogens is 372 g/mol. The van der Waals surface area contributed by atoms with Gasteiger partial charge in [-0.05, 0) is 25.7 Å². The molecule has 0 aliphatic heterocycles. The van der Waals surface area contributed by atoms with Gasteiger partial charge in [-0.15, -0.1) is 0 Å². The summed E-state index contributed by atoms with van der Waals surface area (Å²) in [5, 5.41) is 0. The van der Waals surface area contributed by atoms with Crippen molar-refractivity contribution >= 4 is 0 Å². The SMILES string of the molecule is CCCCCCCCCC/C=C\CCCCCCCCCCCCCCCCCCC. The maximum Gasteiger partial charge on any atom is -0.0351 e. The van der Waals surface area contributed by atoms with Gasteiger partial charge < -0.3 is 0 Å². The minimum Gasteiger partial charge on any atom is -0.0885 e. The molecular formula is C31H62. The van der Waals surface area contributed by atoms with Gasteiger partial charge in [0.15, 0.2) is 0 Å². The molecule has 0 aromatic carbocycles. The Morgan fingerprint density at radius 3 is 0.677 bits per heavy atom. The summed E-state index contributed by atoms with van der Waals surface area (Å²) < 4.78 is 0. The molecule has 0 spiro atoms. The molecule has 0 saturated carbocycles. The monoisotopic (exact) mass is 434 g/mol. The average molecular weight is 435 g/mol. The predicted octanol–water partition coefficient (Wildman–Crippen LogP) is 12.1. The van der Waals surface area contributed by atoms with Crippen LogP contribution in [0, 0.1) is 0 Å². The van der Waals surface area contributed by atoms with E-state index >= 15 is 0 Å². The van der Waals surface area contributed by atoms with Gasteiger partial charge in [0, 0.05) is 0 Å².